The van der Waals surface area contributed by atoms with Crippen LogP contribution in [0.15, 0.2) is 164 Å². The Morgan fingerprint density at radius 3 is 1.29 bits per heavy atom. The van der Waals surface area contributed by atoms with E-state index >= 15 is 0 Å². The SMILES string of the molecule is C=CC.CC.CC/C=C(/C)C/C=C/c1ccc(N2CCCc3ccccc32)cc1.CCC1(CC)c2cc(/C=C/c3ccc(N4CCCc5c(O)c(O)c(O)c(O)c54)cc3)ccc2-c2ccc(/C=C/c3ccc(N4CCCc5c(O)c(O)c(O)c(O)c54)cc3)cc21. The summed E-state index contributed by atoms with van der Waals surface area (Å²) in [7, 11) is 0. The molecular weight excluding hydrogens is 1120 g/mol. The smallest absolute Gasteiger partial charge is 0.206 e. The summed E-state index contributed by atoms with van der Waals surface area (Å²) >= 11 is 0. The molecule has 90 heavy (non-hydrogen) atoms. The fraction of sp³-hybridized carbons (Fsp3) is 0.266. The fourth-order valence-corrected chi connectivity index (χ4v) is 13.1. The van der Waals surface area contributed by atoms with E-state index in [-0.39, 0.29) is 5.41 Å². The third-order valence-electron chi connectivity index (χ3n) is 17.7. The number of hydrogen-bond acceptors (Lipinski definition) is 11. The van der Waals surface area contributed by atoms with Gasteiger partial charge in [-0.2, -0.15) is 0 Å². The molecule has 0 bridgehead atoms. The number of fused-ring (bicyclic) bond motifs is 6. The number of phenols is 8. The number of allylic oxidation sites excluding steroid dienone is 4. The lowest BCUT2D eigenvalue weighted by Gasteiger charge is -2.32. The van der Waals surface area contributed by atoms with Crippen molar-refractivity contribution in [1.82, 2.24) is 0 Å². The van der Waals surface area contributed by atoms with Crippen molar-refractivity contribution >= 4 is 64.5 Å². The van der Waals surface area contributed by atoms with Crippen LogP contribution in [0.5, 0.6) is 46.0 Å². The number of para-hydroxylation sites is 1. The van der Waals surface area contributed by atoms with Crippen LogP contribution >= 0.6 is 0 Å². The van der Waals surface area contributed by atoms with Crippen LogP contribution in [0.1, 0.15) is 149 Å². The molecule has 0 saturated carbocycles. The topological polar surface area (TPSA) is 172 Å². The number of hydrogen-bond donors (Lipinski definition) is 8. The van der Waals surface area contributed by atoms with E-state index in [0.717, 1.165) is 65.9 Å². The van der Waals surface area contributed by atoms with Crippen molar-refractivity contribution in [3.8, 4) is 57.1 Å². The molecule has 0 atom stereocenters. The zero-order valence-electron chi connectivity index (χ0n) is 53.1. The Hall–Kier alpha value is -9.74. The summed E-state index contributed by atoms with van der Waals surface area (Å²) in [6.45, 7) is 20.4. The van der Waals surface area contributed by atoms with E-state index in [1.807, 2.05) is 79.1 Å². The van der Waals surface area contributed by atoms with Gasteiger partial charge in [0.15, 0.2) is 23.0 Å². The predicted octanol–water partition coefficient (Wildman–Crippen LogP) is 19.7. The summed E-state index contributed by atoms with van der Waals surface area (Å²) in [5.41, 5.74) is 19.1. The molecule has 11 heteroatoms. The first-order valence-corrected chi connectivity index (χ1v) is 31.9. The van der Waals surface area contributed by atoms with Gasteiger partial charge in [0, 0.05) is 58.9 Å². The lowest BCUT2D eigenvalue weighted by Crippen LogP contribution is -2.24. The van der Waals surface area contributed by atoms with Crippen LogP contribution in [0.25, 0.3) is 41.5 Å². The van der Waals surface area contributed by atoms with Crippen molar-refractivity contribution in [3.63, 3.8) is 0 Å². The summed E-state index contributed by atoms with van der Waals surface area (Å²) in [4.78, 5) is 6.15. The highest BCUT2D eigenvalue weighted by atomic mass is 16.4. The first-order chi connectivity index (χ1) is 43.6. The lowest BCUT2D eigenvalue weighted by molar-refractivity contribution is 0.342. The molecule has 3 heterocycles. The van der Waals surface area contributed by atoms with Gasteiger partial charge in [0.05, 0.1) is 11.4 Å². The Morgan fingerprint density at radius 1 is 0.467 bits per heavy atom. The van der Waals surface area contributed by atoms with Gasteiger partial charge in [-0.05, 0) is 176 Å². The molecule has 8 aromatic carbocycles. The van der Waals surface area contributed by atoms with Crippen molar-refractivity contribution in [2.24, 2.45) is 0 Å². The molecule has 3 aliphatic heterocycles. The average molecular weight is 1210 g/mol. The molecule has 0 amide bonds. The van der Waals surface area contributed by atoms with Gasteiger partial charge < -0.3 is 55.6 Å². The normalized spacial score (nSPS) is 14.5. The van der Waals surface area contributed by atoms with Crippen LogP contribution < -0.4 is 14.7 Å². The van der Waals surface area contributed by atoms with Crippen LogP contribution in [0.2, 0.25) is 0 Å². The molecule has 0 radical (unpaired) electrons. The average Bonchev–Trinajstić information content (AvgIpc) is 1.69. The summed E-state index contributed by atoms with van der Waals surface area (Å²) in [6, 6.07) is 46.9. The summed E-state index contributed by atoms with van der Waals surface area (Å²) in [6.07, 6.45) is 25.7. The number of rotatable bonds is 13. The van der Waals surface area contributed by atoms with E-state index in [2.05, 4.69) is 167 Å². The first-order valence-electron chi connectivity index (χ1n) is 31.9. The van der Waals surface area contributed by atoms with Crippen molar-refractivity contribution < 1.29 is 40.9 Å². The molecule has 1 aliphatic carbocycles. The highest BCUT2D eigenvalue weighted by Gasteiger charge is 2.41. The highest BCUT2D eigenvalue weighted by Crippen LogP contribution is 2.57. The number of nitrogens with zero attached hydrogens (tertiary/aromatic N) is 3. The van der Waals surface area contributed by atoms with Crippen LogP contribution in [0.3, 0.4) is 0 Å². The molecule has 8 N–H and O–H groups in total. The number of aromatic hydroxyl groups is 8. The zero-order valence-corrected chi connectivity index (χ0v) is 53.1. The molecule has 0 spiro atoms. The van der Waals surface area contributed by atoms with Gasteiger partial charge in [0.1, 0.15) is 0 Å². The Kier molecular flexibility index (Phi) is 20.9. The molecule has 0 aromatic heterocycles. The Bertz CT molecular complexity index is 3780. The third-order valence-corrected chi connectivity index (χ3v) is 17.7. The van der Waals surface area contributed by atoms with E-state index < -0.39 is 46.0 Å². The third kappa shape index (κ3) is 13.2. The molecule has 0 unspecified atom stereocenters. The fourth-order valence-electron chi connectivity index (χ4n) is 13.1. The molecule has 0 saturated heterocycles. The quantitative estimate of drug-likeness (QED) is 0.0239. The van der Waals surface area contributed by atoms with Crippen LogP contribution in [0, 0.1) is 0 Å². The van der Waals surface area contributed by atoms with Gasteiger partial charge in [0.25, 0.3) is 0 Å². The zero-order chi connectivity index (χ0) is 64.2. The standard InChI is InChI=1S/C51H48N2O8.C23H27N.C3H6.C2H6/c1-3-51(4-2)39-27-31(11-9-29-13-19-33(20-14-29)52-25-5-7-37-41(52)45(56)49(60)47(58)43(37)54)17-23-35(39)36-24-18-32(28-40(36)51)12-10-30-15-21-34(22-16-30)53-26-6-8-38-42(53)46(57)50(61)48(59)44(38)55;1-3-8-19(2)9-6-10-20-14-16-22(17-15-20)24-18-7-12-21-11-4-5-13-23(21)24;1-3-2;1-2/h9-24,27-28,54-61H,3-8,25-26H2,1-2H3;4-6,8,10-11,13-17H,3,7,9,12,18H2,1-2H3;3H,1H2,2H3;1-2H3/b11-9+,12-10+;10-6+,19-8-;;. The van der Waals surface area contributed by atoms with Gasteiger partial charge in [0.2, 0.25) is 23.0 Å². The van der Waals surface area contributed by atoms with Gasteiger partial charge in [-0.1, -0.05) is 180 Å². The lowest BCUT2D eigenvalue weighted by atomic mass is 9.73. The molecular formula is C79H87N3O8. The minimum Gasteiger partial charge on any atom is -0.504 e. The number of anilines is 6. The van der Waals surface area contributed by atoms with Crippen molar-refractivity contribution in [2.45, 2.75) is 118 Å². The molecule has 466 valence electrons. The van der Waals surface area contributed by atoms with Crippen LogP contribution in [0.4, 0.5) is 34.1 Å². The van der Waals surface area contributed by atoms with Crippen LogP contribution in [-0.4, -0.2) is 60.5 Å². The van der Waals surface area contributed by atoms with Crippen LogP contribution in [-0.2, 0) is 24.7 Å². The largest absolute Gasteiger partial charge is 0.504 e. The van der Waals surface area contributed by atoms with E-state index in [4.69, 9.17) is 0 Å². The predicted molar refractivity (Wildman–Crippen MR) is 374 cm³/mol. The molecule has 0 fully saturated rings. The van der Waals surface area contributed by atoms with Gasteiger partial charge >= 0.3 is 0 Å². The minimum atomic E-state index is -0.729. The monoisotopic (exact) mass is 1210 g/mol. The second kappa shape index (κ2) is 29.1. The summed E-state index contributed by atoms with van der Waals surface area (Å²) in [5, 5.41) is 83.0. The van der Waals surface area contributed by atoms with Crippen molar-refractivity contribution in [2.75, 3.05) is 34.3 Å². The first kappa shape index (κ1) is 64.7. The number of aryl methyl sites for hydroxylation is 1. The molecule has 11 nitrogen and oxygen atoms in total. The van der Waals surface area contributed by atoms with E-state index in [1.165, 1.54) is 63.2 Å². The number of benzene rings is 8. The molecule has 4 aliphatic rings. The highest BCUT2D eigenvalue weighted by molar-refractivity contribution is 5.87. The summed E-state index contributed by atoms with van der Waals surface area (Å²) < 4.78 is 0. The number of phenolic OH excluding ortho intramolecular Hbond substituents is 8. The maximum Gasteiger partial charge on any atom is 0.206 e. The van der Waals surface area contributed by atoms with Gasteiger partial charge in [-0.25, -0.2) is 0 Å². The Balaban J connectivity index is 0.000000275. The second-order valence-corrected chi connectivity index (χ2v) is 23.2. The van der Waals surface area contributed by atoms with Crippen molar-refractivity contribution in [3.05, 3.63) is 219 Å². The second-order valence-electron chi connectivity index (χ2n) is 23.2. The van der Waals surface area contributed by atoms with E-state index in [0.29, 0.717) is 61.3 Å². The Labute approximate surface area is 531 Å². The molecule has 12 rings (SSSR count). The summed E-state index contributed by atoms with van der Waals surface area (Å²) in [5.74, 6) is -4.57. The molecule has 8 aromatic rings. The van der Waals surface area contributed by atoms with E-state index in [9.17, 15) is 40.9 Å². The van der Waals surface area contributed by atoms with Gasteiger partial charge in [-0.3, -0.25) is 0 Å². The minimum absolute atomic E-state index is 0.145. The maximum atomic E-state index is 10.7. The van der Waals surface area contributed by atoms with E-state index in [1.54, 1.807) is 6.08 Å². The van der Waals surface area contributed by atoms with Crippen molar-refractivity contribution in [1.29, 1.82) is 0 Å². The van der Waals surface area contributed by atoms with Gasteiger partial charge in [-0.15, -0.1) is 6.58 Å². The maximum absolute atomic E-state index is 10.7. The Morgan fingerprint density at radius 2 is 0.844 bits per heavy atom.